The van der Waals surface area contributed by atoms with Crippen LogP contribution in [0.1, 0.15) is 19.3 Å². The summed E-state index contributed by atoms with van der Waals surface area (Å²) < 4.78 is 49.8. The highest BCUT2D eigenvalue weighted by Crippen LogP contribution is 2.19. The van der Waals surface area contributed by atoms with Gasteiger partial charge in [0.25, 0.3) is 0 Å². The molecule has 0 radical (unpaired) electrons. The van der Waals surface area contributed by atoms with Gasteiger partial charge in [-0.3, -0.25) is 4.79 Å². The zero-order valence-corrected chi connectivity index (χ0v) is 15.4. The predicted octanol–water partition coefficient (Wildman–Crippen LogP) is 0.700. The molecule has 0 spiro atoms. The summed E-state index contributed by atoms with van der Waals surface area (Å²) in [6.07, 6.45) is 2.59. The highest BCUT2D eigenvalue weighted by molar-refractivity contribution is 7.90. The highest BCUT2D eigenvalue weighted by Gasteiger charge is 2.31. The van der Waals surface area contributed by atoms with Gasteiger partial charge in [0.05, 0.1) is 10.6 Å². The number of carbonyl (C=O) groups is 1. The molecular formula is C14H19ClN2O5S2. The van der Waals surface area contributed by atoms with Gasteiger partial charge in [0.1, 0.15) is 15.9 Å². The summed E-state index contributed by atoms with van der Waals surface area (Å²) in [6.45, 7) is 0. The number of rotatable bonds is 8. The van der Waals surface area contributed by atoms with E-state index in [4.69, 9.17) is 11.6 Å². The zero-order valence-electron chi connectivity index (χ0n) is 13.0. The van der Waals surface area contributed by atoms with Crippen LogP contribution in [0.25, 0.3) is 0 Å². The number of carbonyl (C=O) groups excluding carboxylic acids is 1. The molecule has 0 aromatic heterocycles. The molecule has 1 aliphatic rings. The summed E-state index contributed by atoms with van der Waals surface area (Å²) >= 11 is 5.74. The Hall–Kier alpha value is -1.16. The van der Waals surface area contributed by atoms with Crippen molar-refractivity contribution in [1.82, 2.24) is 10.0 Å². The molecule has 0 heterocycles. The van der Waals surface area contributed by atoms with Crippen LogP contribution in [0.2, 0.25) is 5.02 Å². The third kappa shape index (κ3) is 6.04. The van der Waals surface area contributed by atoms with Crippen LogP contribution in [0.4, 0.5) is 0 Å². The number of hydrogen-bond donors (Lipinski definition) is 2. The van der Waals surface area contributed by atoms with Crippen LogP contribution >= 0.6 is 11.6 Å². The van der Waals surface area contributed by atoms with Crippen molar-refractivity contribution in [3.8, 4) is 0 Å². The van der Waals surface area contributed by atoms with E-state index in [1.807, 2.05) is 0 Å². The standard InChI is InChI=1S/C14H19ClN2O5S2/c1-23(19,20)9-8-13(14(18)16-11-4-5-11)17-24(21,22)12-6-2-10(15)3-7-12/h2-3,6-7,11,13,17H,4-5,8-9H2,1H3,(H,16,18)/t13-/m0/s1. The molecule has 1 saturated carbocycles. The Morgan fingerprint density at radius 2 is 1.79 bits per heavy atom. The molecule has 10 heteroatoms. The van der Waals surface area contributed by atoms with Gasteiger partial charge in [0.15, 0.2) is 0 Å². The lowest BCUT2D eigenvalue weighted by Gasteiger charge is -2.18. The molecule has 1 aliphatic carbocycles. The van der Waals surface area contributed by atoms with Gasteiger partial charge in [0, 0.05) is 17.3 Å². The monoisotopic (exact) mass is 394 g/mol. The maximum absolute atomic E-state index is 12.4. The number of nitrogens with one attached hydrogen (secondary N) is 2. The van der Waals surface area contributed by atoms with Crippen LogP contribution in [0.5, 0.6) is 0 Å². The van der Waals surface area contributed by atoms with E-state index in [-0.39, 0.29) is 23.1 Å². The van der Waals surface area contributed by atoms with E-state index in [1.165, 1.54) is 24.3 Å². The van der Waals surface area contributed by atoms with Gasteiger partial charge in [-0.05, 0) is 43.5 Å². The number of halogens is 1. The Labute approximate surface area is 146 Å². The molecule has 1 atom stereocenters. The molecule has 2 N–H and O–H groups in total. The van der Waals surface area contributed by atoms with Gasteiger partial charge in [-0.25, -0.2) is 16.8 Å². The van der Waals surface area contributed by atoms with Gasteiger partial charge in [-0.15, -0.1) is 0 Å². The zero-order chi connectivity index (χ0) is 18.0. The van der Waals surface area contributed by atoms with Crippen molar-refractivity contribution in [2.75, 3.05) is 12.0 Å². The van der Waals surface area contributed by atoms with Gasteiger partial charge in [-0.2, -0.15) is 4.72 Å². The largest absolute Gasteiger partial charge is 0.352 e. The summed E-state index contributed by atoms with van der Waals surface area (Å²) in [5, 5.41) is 3.07. The molecule has 0 bridgehead atoms. The van der Waals surface area contributed by atoms with Crippen molar-refractivity contribution in [1.29, 1.82) is 0 Å². The van der Waals surface area contributed by atoms with Crippen LogP contribution in [-0.4, -0.2) is 46.8 Å². The summed E-state index contributed by atoms with van der Waals surface area (Å²) in [7, 11) is -7.29. The fourth-order valence-corrected chi connectivity index (χ4v) is 3.99. The maximum Gasteiger partial charge on any atom is 0.241 e. The lowest BCUT2D eigenvalue weighted by Crippen LogP contribution is -2.48. The third-order valence-corrected chi connectivity index (χ3v) is 6.16. The minimum Gasteiger partial charge on any atom is -0.352 e. The number of hydrogen-bond acceptors (Lipinski definition) is 5. The van der Waals surface area contributed by atoms with Crippen molar-refractivity contribution < 1.29 is 21.6 Å². The Balaban J connectivity index is 2.15. The number of sulfonamides is 1. The fourth-order valence-electron chi connectivity index (χ4n) is 1.97. The second kappa shape index (κ2) is 7.38. The molecule has 0 saturated heterocycles. The first-order chi connectivity index (χ1) is 11.1. The van der Waals surface area contributed by atoms with Gasteiger partial charge in [0.2, 0.25) is 15.9 Å². The normalized spacial score (nSPS) is 16.6. The molecule has 134 valence electrons. The summed E-state index contributed by atoms with van der Waals surface area (Å²) in [4.78, 5) is 12.2. The van der Waals surface area contributed by atoms with Gasteiger partial charge < -0.3 is 5.32 Å². The minimum absolute atomic E-state index is 0.0401. The second-order valence-corrected chi connectivity index (χ2v) is 10.2. The highest BCUT2D eigenvalue weighted by atomic mass is 35.5. The van der Waals surface area contributed by atoms with Gasteiger partial charge >= 0.3 is 0 Å². The summed E-state index contributed by atoms with van der Waals surface area (Å²) in [6, 6.07) is 4.37. The van der Waals surface area contributed by atoms with E-state index in [0.717, 1.165) is 19.1 Å². The summed E-state index contributed by atoms with van der Waals surface area (Å²) in [5.41, 5.74) is 0. The van der Waals surface area contributed by atoms with Crippen LogP contribution in [0.15, 0.2) is 29.2 Å². The quantitative estimate of drug-likeness (QED) is 0.674. The van der Waals surface area contributed by atoms with E-state index in [0.29, 0.717) is 5.02 Å². The van der Waals surface area contributed by atoms with Gasteiger partial charge in [-0.1, -0.05) is 11.6 Å². The fraction of sp³-hybridized carbons (Fsp3) is 0.500. The van der Waals surface area contributed by atoms with E-state index in [9.17, 15) is 21.6 Å². The topological polar surface area (TPSA) is 109 Å². The van der Waals surface area contributed by atoms with E-state index in [2.05, 4.69) is 10.0 Å². The SMILES string of the molecule is CS(=O)(=O)CC[C@H](NS(=O)(=O)c1ccc(Cl)cc1)C(=O)NC1CC1. The average Bonchev–Trinajstić information content (AvgIpc) is 3.26. The molecule has 0 unspecified atom stereocenters. The van der Waals surface area contributed by atoms with Crippen LogP contribution in [-0.2, 0) is 24.7 Å². The first kappa shape index (κ1) is 19.2. The molecule has 0 aliphatic heterocycles. The smallest absolute Gasteiger partial charge is 0.241 e. The number of benzene rings is 1. The van der Waals surface area contributed by atoms with Crippen LogP contribution in [0, 0.1) is 0 Å². The van der Waals surface area contributed by atoms with Crippen molar-refractivity contribution in [2.45, 2.75) is 36.2 Å². The van der Waals surface area contributed by atoms with Crippen molar-refractivity contribution in [3.05, 3.63) is 29.3 Å². The van der Waals surface area contributed by atoms with Crippen molar-refractivity contribution >= 4 is 37.4 Å². The number of amides is 1. The lowest BCUT2D eigenvalue weighted by atomic mass is 10.2. The van der Waals surface area contributed by atoms with Crippen molar-refractivity contribution in [2.24, 2.45) is 0 Å². The van der Waals surface area contributed by atoms with Crippen molar-refractivity contribution in [3.63, 3.8) is 0 Å². The predicted molar refractivity (Wildman–Crippen MR) is 91.1 cm³/mol. The molecule has 2 rings (SSSR count). The lowest BCUT2D eigenvalue weighted by molar-refractivity contribution is -0.122. The van der Waals surface area contributed by atoms with E-state index < -0.39 is 31.8 Å². The molecule has 1 amide bonds. The molecule has 1 aromatic rings. The summed E-state index contributed by atoms with van der Waals surface area (Å²) in [5.74, 6) is -0.808. The Morgan fingerprint density at radius 3 is 2.29 bits per heavy atom. The maximum atomic E-state index is 12.4. The Kier molecular flexibility index (Phi) is 5.90. The Morgan fingerprint density at radius 1 is 1.21 bits per heavy atom. The second-order valence-electron chi connectivity index (χ2n) is 5.83. The number of sulfone groups is 1. The third-order valence-electron chi connectivity index (χ3n) is 3.44. The molecule has 1 fully saturated rings. The molecule has 1 aromatic carbocycles. The average molecular weight is 395 g/mol. The Bertz CT molecular complexity index is 802. The minimum atomic E-state index is -3.97. The van der Waals surface area contributed by atoms with Crippen LogP contribution < -0.4 is 10.0 Å². The van der Waals surface area contributed by atoms with E-state index >= 15 is 0 Å². The molecular weight excluding hydrogens is 376 g/mol. The molecule has 7 nitrogen and oxygen atoms in total. The van der Waals surface area contributed by atoms with Crippen LogP contribution in [0.3, 0.4) is 0 Å². The first-order valence-corrected chi connectivity index (χ1v) is 11.2. The first-order valence-electron chi connectivity index (χ1n) is 7.33. The molecule has 24 heavy (non-hydrogen) atoms. The van der Waals surface area contributed by atoms with E-state index in [1.54, 1.807) is 0 Å².